The van der Waals surface area contributed by atoms with Crippen LogP contribution in [0.5, 0.6) is 0 Å². The van der Waals surface area contributed by atoms with Crippen molar-refractivity contribution in [3.63, 3.8) is 0 Å². The smallest absolute Gasteiger partial charge is 0.312 e. The Morgan fingerprint density at radius 2 is 2.18 bits per heavy atom. The SMILES string of the molecule is NC(=O)NCCNc1ccc(I)cc1[N+](=O)[O-]. The van der Waals surface area contributed by atoms with Gasteiger partial charge in [0.2, 0.25) is 0 Å². The number of nitrogens with one attached hydrogen (secondary N) is 2. The van der Waals surface area contributed by atoms with E-state index in [9.17, 15) is 14.9 Å². The summed E-state index contributed by atoms with van der Waals surface area (Å²) in [5.74, 6) is 0. The van der Waals surface area contributed by atoms with Crippen molar-refractivity contribution in [2.45, 2.75) is 0 Å². The zero-order chi connectivity index (χ0) is 12.8. The van der Waals surface area contributed by atoms with Gasteiger partial charge in [-0.05, 0) is 34.7 Å². The standard InChI is InChI=1S/C9H11IN4O3/c10-6-1-2-7(8(5-6)14(16)17)12-3-4-13-9(11)15/h1-2,5,12H,3-4H2,(H3,11,13,15). The fourth-order valence-corrected chi connectivity index (χ4v) is 1.66. The maximum atomic E-state index is 10.8. The summed E-state index contributed by atoms with van der Waals surface area (Å²) < 4.78 is 0.787. The lowest BCUT2D eigenvalue weighted by Crippen LogP contribution is -2.33. The molecule has 0 aliphatic carbocycles. The molecular formula is C9H11IN4O3. The first kappa shape index (κ1) is 13.5. The van der Waals surface area contributed by atoms with Gasteiger partial charge < -0.3 is 16.4 Å². The second kappa shape index (κ2) is 6.23. The Labute approximate surface area is 111 Å². The van der Waals surface area contributed by atoms with Gasteiger partial charge in [0.25, 0.3) is 5.69 Å². The lowest BCUT2D eigenvalue weighted by molar-refractivity contribution is -0.384. The number of carbonyl (C=O) groups is 1. The van der Waals surface area contributed by atoms with Gasteiger partial charge in [-0.25, -0.2) is 4.79 Å². The van der Waals surface area contributed by atoms with Crippen LogP contribution in [0, 0.1) is 13.7 Å². The summed E-state index contributed by atoms with van der Waals surface area (Å²) in [6, 6.07) is 4.25. The number of halogens is 1. The van der Waals surface area contributed by atoms with Crippen LogP contribution in [0.1, 0.15) is 0 Å². The van der Waals surface area contributed by atoms with Crippen molar-refractivity contribution in [2.24, 2.45) is 5.73 Å². The molecule has 7 nitrogen and oxygen atoms in total. The summed E-state index contributed by atoms with van der Waals surface area (Å²) in [5.41, 5.74) is 5.31. The van der Waals surface area contributed by atoms with E-state index in [1.807, 2.05) is 22.6 Å². The molecule has 0 bridgehead atoms. The molecule has 0 heterocycles. The number of benzene rings is 1. The molecule has 0 radical (unpaired) electrons. The molecule has 0 saturated carbocycles. The highest BCUT2D eigenvalue weighted by molar-refractivity contribution is 14.1. The molecule has 0 unspecified atom stereocenters. The van der Waals surface area contributed by atoms with Crippen LogP contribution in [-0.2, 0) is 0 Å². The highest BCUT2D eigenvalue weighted by Crippen LogP contribution is 2.25. The van der Waals surface area contributed by atoms with Crippen LogP contribution in [0.25, 0.3) is 0 Å². The molecule has 2 amide bonds. The number of hydrogen-bond acceptors (Lipinski definition) is 4. The first-order valence-electron chi connectivity index (χ1n) is 4.72. The van der Waals surface area contributed by atoms with E-state index in [4.69, 9.17) is 5.73 Å². The highest BCUT2D eigenvalue weighted by Gasteiger charge is 2.13. The van der Waals surface area contributed by atoms with Gasteiger partial charge in [-0.15, -0.1) is 0 Å². The van der Waals surface area contributed by atoms with Crippen molar-refractivity contribution in [1.82, 2.24) is 5.32 Å². The molecule has 17 heavy (non-hydrogen) atoms. The molecule has 0 fully saturated rings. The summed E-state index contributed by atoms with van der Waals surface area (Å²) in [6.07, 6.45) is 0. The quantitative estimate of drug-likeness (QED) is 0.322. The zero-order valence-corrected chi connectivity index (χ0v) is 10.9. The number of amides is 2. The number of nitrogens with zero attached hydrogens (tertiary/aromatic N) is 1. The van der Waals surface area contributed by atoms with Crippen molar-refractivity contribution in [3.8, 4) is 0 Å². The normalized spacial score (nSPS) is 9.71. The molecule has 0 spiro atoms. The predicted octanol–water partition coefficient (Wildman–Crippen LogP) is 1.28. The van der Waals surface area contributed by atoms with Gasteiger partial charge in [-0.3, -0.25) is 10.1 Å². The minimum atomic E-state index is -0.621. The van der Waals surface area contributed by atoms with Gasteiger partial charge in [0, 0.05) is 22.7 Å². The second-order valence-corrected chi connectivity index (χ2v) is 4.38. The van der Waals surface area contributed by atoms with Crippen molar-refractivity contribution in [2.75, 3.05) is 18.4 Å². The Hall–Kier alpha value is -1.58. The second-order valence-electron chi connectivity index (χ2n) is 3.14. The molecular weight excluding hydrogens is 339 g/mol. The Bertz CT molecular complexity index is 438. The number of anilines is 1. The van der Waals surface area contributed by atoms with Crippen molar-refractivity contribution < 1.29 is 9.72 Å². The molecule has 0 aliphatic rings. The molecule has 1 aromatic carbocycles. The first-order valence-corrected chi connectivity index (χ1v) is 5.79. The number of nitrogens with two attached hydrogens (primary N) is 1. The minimum Gasteiger partial charge on any atom is -0.378 e. The number of rotatable bonds is 5. The largest absolute Gasteiger partial charge is 0.378 e. The third kappa shape index (κ3) is 4.43. The summed E-state index contributed by atoms with van der Waals surface area (Å²) in [4.78, 5) is 20.7. The van der Waals surface area contributed by atoms with Crippen LogP contribution in [0.3, 0.4) is 0 Å². The number of nitro benzene ring substituents is 1. The van der Waals surface area contributed by atoms with Crippen molar-refractivity contribution in [3.05, 3.63) is 31.9 Å². The average Bonchev–Trinajstić information content (AvgIpc) is 2.25. The number of nitro groups is 1. The van der Waals surface area contributed by atoms with Gasteiger partial charge in [0.05, 0.1) is 4.92 Å². The summed E-state index contributed by atoms with van der Waals surface area (Å²) in [6.45, 7) is 0.669. The van der Waals surface area contributed by atoms with Gasteiger partial charge in [0.15, 0.2) is 0 Å². The van der Waals surface area contributed by atoms with Gasteiger partial charge in [-0.2, -0.15) is 0 Å². The molecule has 92 valence electrons. The fraction of sp³-hybridized carbons (Fsp3) is 0.222. The Morgan fingerprint density at radius 3 is 2.76 bits per heavy atom. The minimum absolute atomic E-state index is 0.0102. The van der Waals surface area contributed by atoms with E-state index in [1.165, 1.54) is 6.07 Å². The van der Waals surface area contributed by atoms with Crippen LogP contribution in [0.4, 0.5) is 16.2 Å². The molecule has 0 atom stereocenters. The van der Waals surface area contributed by atoms with Gasteiger partial charge in [0.1, 0.15) is 5.69 Å². The number of primary amides is 1. The van der Waals surface area contributed by atoms with E-state index in [2.05, 4.69) is 10.6 Å². The number of urea groups is 1. The van der Waals surface area contributed by atoms with Crippen LogP contribution < -0.4 is 16.4 Å². The predicted molar refractivity (Wildman–Crippen MR) is 71.9 cm³/mol. The highest BCUT2D eigenvalue weighted by atomic mass is 127. The molecule has 1 aromatic rings. The Balaban J connectivity index is 2.64. The third-order valence-corrected chi connectivity index (χ3v) is 2.57. The van der Waals surface area contributed by atoms with Gasteiger partial charge in [-0.1, -0.05) is 0 Å². The maximum absolute atomic E-state index is 10.8. The fourth-order valence-electron chi connectivity index (χ4n) is 1.19. The van der Waals surface area contributed by atoms with Crippen LogP contribution in [0.2, 0.25) is 0 Å². The Kier molecular flexibility index (Phi) is 4.94. The van der Waals surface area contributed by atoms with Crippen LogP contribution >= 0.6 is 22.6 Å². The van der Waals surface area contributed by atoms with E-state index < -0.39 is 11.0 Å². The van der Waals surface area contributed by atoms with E-state index in [0.29, 0.717) is 18.8 Å². The molecule has 0 aliphatic heterocycles. The summed E-state index contributed by atoms with van der Waals surface area (Å²) >= 11 is 2.00. The molecule has 1 rings (SSSR count). The van der Waals surface area contributed by atoms with E-state index in [-0.39, 0.29) is 5.69 Å². The molecule has 8 heteroatoms. The summed E-state index contributed by atoms with van der Waals surface area (Å²) in [5, 5.41) is 16.0. The molecule has 0 aromatic heterocycles. The molecule has 4 N–H and O–H groups in total. The summed E-state index contributed by atoms with van der Waals surface area (Å²) in [7, 11) is 0. The number of hydrogen-bond donors (Lipinski definition) is 3. The zero-order valence-electron chi connectivity index (χ0n) is 8.77. The third-order valence-electron chi connectivity index (χ3n) is 1.90. The monoisotopic (exact) mass is 350 g/mol. The maximum Gasteiger partial charge on any atom is 0.312 e. The van der Waals surface area contributed by atoms with Crippen molar-refractivity contribution in [1.29, 1.82) is 0 Å². The van der Waals surface area contributed by atoms with E-state index in [1.54, 1.807) is 12.1 Å². The van der Waals surface area contributed by atoms with Crippen LogP contribution in [0.15, 0.2) is 18.2 Å². The number of carbonyl (C=O) groups excluding carboxylic acids is 1. The first-order chi connectivity index (χ1) is 8.00. The lowest BCUT2D eigenvalue weighted by atomic mass is 10.2. The van der Waals surface area contributed by atoms with E-state index >= 15 is 0 Å². The van der Waals surface area contributed by atoms with Crippen LogP contribution in [-0.4, -0.2) is 24.0 Å². The van der Waals surface area contributed by atoms with Gasteiger partial charge >= 0.3 is 6.03 Å². The Morgan fingerprint density at radius 1 is 1.47 bits per heavy atom. The molecule has 0 saturated heterocycles. The van der Waals surface area contributed by atoms with E-state index in [0.717, 1.165) is 3.57 Å². The lowest BCUT2D eigenvalue weighted by Gasteiger charge is -2.07. The topological polar surface area (TPSA) is 110 Å². The van der Waals surface area contributed by atoms with Crippen molar-refractivity contribution >= 4 is 40.0 Å². The average molecular weight is 350 g/mol.